The summed E-state index contributed by atoms with van der Waals surface area (Å²) < 4.78 is 5.43. The average molecular weight is 263 g/mol. The summed E-state index contributed by atoms with van der Waals surface area (Å²) in [6.07, 6.45) is 4.49. The number of carbonyl (C=O) groups is 1. The van der Waals surface area contributed by atoms with Gasteiger partial charge in [-0.25, -0.2) is 4.79 Å². The largest absolute Gasteiger partial charge is 0.446 e. The number of aliphatic hydroxyl groups is 1. The first-order valence-electron chi connectivity index (χ1n) is 6.95. The van der Waals surface area contributed by atoms with Crippen LogP contribution in [0.1, 0.15) is 38.5 Å². The summed E-state index contributed by atoms with van der Waals surface area (Å²) in [7, 11) is 0. The minimum absolute atomic E-state index is 0.0313. The molecule has 104 valence electrons. The van der Waals surface area contributed by atoms with E-state index in [0.29, 0.717) is 0 Å². The summed E-state index contributed by atoms with van der Waals surface area (Å²) in [4.78, 5) is 11.8. The van der Waals surface area contributed by atoms with Crippen LogP contribution < -0.4 is 5.32 Å². The van der Waals surface area contributed by atoms with Gasteiger partial charge in [0.1, 0.15) is 6.10 Å². The van der Waals surface area contributed by atoms with Crippen LogP contribution in [-0.4, -0.2) is 23.4 Å². The number of amides is 1. The van der Waals surface area contributed by atoms with Crippen LogP contribution in [0.25, 0.3) is 0 Å². The molecule has 0 heterocycles. The Bertz CT molecular complexity index is 384. The number of nitrogens with one attached hydrogen (secondary N) is 1. The molecule has 1 amide bonds. The maximum atomic E-state index is 11.8. The lowest BCUT2D eigenvalue weighted by atomic mass is 9.97. The van der Waals surface area contributed by atoms with Crippen molar-refractivity contribution in [2.24, 2.45) is 0 Å². The second kappa shape index (κ2) is 7.14. The van der Waals surface area contributed by atoms with Crippen molar-refractivity contribution in [1.29, 1.82) is 0 Å². The predicted molar refractivity (Wildman–Crippen MR) is 74.0 cm³/mol. The lowest BCUT2D eigenvalue weighted by Crippen LogP contribution is -2.24. The van der Waals surface area contributed by atoms with Crippen LogP contribution in [0.2, 0.25) is 0 Å². The molecule has 1 aromatic carbocycles. The van der Waals surface area contributed by atoms with Crippen LogP contribution in [0.5, 0.6) is 0 Å². The maximum absolute atomic E-state index is 11.8. The summed E-state index contributed by atoms with van der Waals surface area (Å²) in [5, 5.41) is 12.3. The quantitative estimate of drug-likeness (QED) is 0.860. The third kappa shape index (κ3) is 4.91. The number of anilines is 1. The van der Waals surface area contributed by atoms with Crippen molar-refractivity contribution >= 4 is 11.8 Å². The minimum atomic E-state index is -0.391. The summed E-state index contributed by atoms with van der Waals surface area (Å²) in [5.41, 5.74) is 0.744. The van der Waals surface area contributed by atoms with Gasteiger partial charge < -0.3 is 9.84 Å². The maximum Gasteiger partial charge on any atom is 0.411 e. The molecule has 0 bridgehead atoms. The van der Waals surface area contributed by atoms with Crippen LogP contribution >= 0.6 is 0 Å². The molecule has 0 radical (unpaired) electrons. The Kier molecular flexibility index (Phi) is 5.21. The monoisotopic (exact) mass is 263 g/mol. The van der Waals surface area contributed by atoms with E-state index in [1.54, 1.807) is 0 Å². The highest BCUT2D eigenvalue weighted by molar-refractivity contribution is 5.84. The van der Waals surface area contributed by atoms with E-state index >= 15 is 0 Å². The number of aliphatic hydroxyl groups excluding tert-OH is 1. The molecule has 0 aliphatic heterocycles. The van der Waals surface area contributed by atoms with Crippen molar-refractivity contribution in [1.82, 2.24) is 0 Å². The molecule has 1 aliphatic rings. The number of para-hydroxylation sites is 1. The van der Waals surface area contributed by atoms with Gasteiger partial charge in [0.05, 0.1) is 6.10 Å². The number of benzene rings is 1. The fraction of sp³-hybridized carbons (Fsp3) is 0.533. The van der Waals surface area contributed by atoms with E-state index in [4.69, 9.17) is 4.74 Å². The molecule has 1 saturated carbocycles. The van der Waals surface area contributed by atoms with E-state index in [1.807, 2.05) is 30.3 Å². The molecule has 1 aliphatic carbocycles. The van der Waals surface area contributed by atoms with Gasteiger partial charge in [-0.15, -0.1) is 0 Å². The Morgan fingerprint density at radius 2 is 1.74 bits per heavy atom. The Hall–Kier alpha value is -1.55. The first-order valence-corrected chi connectivity index (χ1v) is 6.95. The van der Waals surface area contributed by atoms with Gasteiger partial charge in [-0.2, -0.15) is 0 Å². The van der Waals surface area contributed by atoms with Gasteiger partial charge in [0.25, 0.3) is 0 Å². The van der Waals surface area contributed by atoms with Crippen molar-refractivity contribution in [3.63, 3.8) is 0 Å². The zero-order valence-corrected chi connectivity index (χ0v) is 11.0. The molecule has 19 heavy (non-hydrogen) atoms. The molecular formula is C15H21NO3. The lowest BCUT2D eigenvalue weighted by Gasteiger charge is -2.22. The van der Waals surface area contributed by atoms with Crippen molar-refractivity contribution in [2.45, 2.75) is 50.7 Å². The van der Waals surface area contributed by atoms with Crippen molar-refractivity contribution in [3.8, 4) is 0 Å². The first kappa shape index (κ1) is 13.9. The van der Waals surface area contributed by atoms with Crippen LogP contribution in [0.3, 0.4) is 0 Å². The summed E-state index contributed by atoms with van der Waals surface area (Å²) in [5.74, 6) is 0. The number of hydrogen-bond acceptors (Lipinski definition) is 3. The molecule has 4 heteroatoms. The highest BCUT2D eigenvalue weighted by Gasteiger charge is 2.18. The van der Waals surface area contributed by atoms with Crippen molar-refractivity contribution < 1.29 is 14.6 Å². The first-order chi connectivity index (χ1) is 9.24. The topological polar surface area (TPSA) is 58.6 Å². The SMILES string of the molecule is O=C(Nc1ccccc1)OC1CCCC(O)CCC1. The number of ether oxygens (including phenoxy) is 1. The Balaban J connectivity index is 1.78. The Morgan fingerprint density at radius 3 is 2.37 bits per heavy atom. The second-order valence-electron chi connectivity index (χ2n) is 5.03. The highest BCUT2D eigenvalue weighted by atomic mass is 16.6. The van der Waals surface area contributed by atoms with Gasteiger partial charge >= 0.3 is 6.09 Å². The molecule has 2 N–H and O–H groups in total. The van der Waals surface area contributed by atoms with Crippen molar-refractivity contribution in [2.75, 3.05) is 5.32 Å². The van der Waals surface area contributed by atoms with Crippen LogP contribution in [0.4, 0.5) is 10.5 Å². The molecule has 0 saturated heterocycles. The third-order valence-electron chi connectivity index (χ3n) is 3.42. The van der Waals surface area contributed by atoms with Gasteiger partial charge in [0, 0.05) is 5.69 Å². The molecule has 1 fully saturated rings. The molecular weight excluding hydrogens is 242 g/mol. The third-order valence-corrected chi connectivity index (χ3v) is 3.42. The van der Waals surface area contributed by atoms with E-state index in [9.17, 15) is 9.90 Å². The van der Waals surface area contributed by atoms with E-state index in [-0.39, 0.29) is 12.2 Å². The summed E-state index contributed by atoms with van der Waals surface area (Å²) in [6, 6.07) is 9.29. The molecule has 0 unspecified atom stereocenters. The number of carbonyl (C=O) groups excluding carboxylic acids is 1. The Morgan fingerprint density at radius 1 is 1.11 bits per heavy atom. The van der Waals surface area contributed by atoms with E-state index < -0.39 is 6.09 Å². The summed E-state index contributed by atoms with van der Waals surface area (Å²) in [6.45, 7) is 0. The zero-order valence-electron chi connectivity index (χ0n) is 11.0. The molecule has 0 atom stereocenters. The fourth-order valence-corrected chi connectivity index (χ4v) is 2.39. The molecule has 1 aromatic rings. The lowest BCUT2D eigenvalue weighted by molar-refractivity contribution is 0.0736. The van der Waals surface area contributed by atoms with Crippen LogP contribution in [-0.2, 0) is 4.74 Å². The number of hydrogen-bond donors (Lipinski definition) is 2. The van der Waals surface area contributed by atoms with E-state index in [0.717, 1.165) is 44.2 Å². The molecule has 0 spiro atoms. The van der Waals surface area contributed by atoms with Crippen LogP contribution in [0.15, 0.2) is 30.3 Å². The molecule has 0 aromatic heterocycles. The van der Waals surface area contributed by atoms with Gasteiger partial charge in [0.15, 0.2) is 0 Å². The van der Waals surface area contributed by atoms with Gasteiger partial charge in [0.2, 0.25) is 0 Å². The van der Waals surface area contributed by atoms with E-state index in [1.165, 1.54) is 0 Å². The minimum Gasteiger partial charge on any atom is -0.446 e. The Labute approximate surface area is 113 Å². The summed E-state index contributed by atoms with van der Waals surface area (Å²) >= 11 is 0. The van der Waals surface area contributed by atoms with E-state index in [2.05, 4.69) is 5.32 Å². The van der Waals surface area contributed by atoms with Crippen molar-refractivity contribution in [3.05, 3.63) is 30.3 Å². The molecule has 4 nitrogen and oxygen atoms in total. The normalized spacial score (nSPS) is 24.1. The van der Waals surface area contributed by atoms with Crippen LogP contribution in [0, 0.1) is 0 Å². The highest BCUT2D eigenvalue weighted by Crippen LogP contribution is 2.20. The second-order valence-corrected chi connectivity index (χ2v) is 5.03. The predicted octanol–water partition coefficient (Wildman–Crippen LogP) is 3.32. The van der Waals surface area contributed by atoms with Gasteiger partial charge in [-0.1, -0.05) is 18.2 Å². The van der Waals surface area contributed by atoms with Gasteiger partial charge in [-0.3, -0.25) is 5.32 Å². The fourth-order valence-electron chi connectivity index (χ4n) is 2.39. The smallest absolute Gasteiger partial charge is 0.411 e. The average Bonchev–Trinajstić information content (AvgIpc) is 2.37. The standard InChI is InChI=1S/C15H21NO3/c17-13-8-4-10-14(11-5-9-13)19-15(18)16-12-6-2-1-3-7-12/h1-3,6-7,13-14,17H,4-5,8-11H2,(H,16,18). The molecule has 2 rings (SSSR count). The van der Waals surface area contributed by atoms with Gasteiger partial charge in [-0.05, 0) is 50.7 Å². The zero-order chi connectivity index (χ0) is 13.5. The number of rotatable bonds is 2.